The van der Waals surface area contributed by atoms with Gasteiger partial charge < -0.3 is 5.32 Å². The summed E-state index contributed by atoms with van der Waals surface area (Å²) in [6.45, 7) is 8.44. The molecule has 1 aromatic heterocycles. The van der Waals surface area contributed by atoms with Gasteiger partial charge >= 0.3 is 0 Å². The number of anilines is 1. The molecule has 1 amide bonds. The summed E-state index contributed by atoms with van der Waals surface area (Å²) in [6.07, 6.45) is 0. The fourth-order valence-electron chi connectivity index (χ4n) is 3.18. The molecule has 0 aliphatic carbocycles. The summed E-state index contributed by atoms with van der Waals surface area (Å²) in [5, 5.41) is 11.5. The minimum absolute atomic E-state index is 0.124. The standard InChI is InChI=1S/C23H26N4O2S/c1-14(2)17-11-8-12-18(15(3)4)21(17)24-19(28)13-30-23-25-22(29)20(26-27-23)16-9-6-5-7-10-16/h5-12,14-15H,13H2,1-4H3,(H,24,28)(H,25,27,29). The molecule has 156 valence electrons. The molecule has 0 aliphatic heterocycles. The number of thioether (sulfide) groups is 1. The fourth-order valence-corrected chi connectivity index (χ4v) is 3.78. The summed E-state index contributed by atoms with van der Waals surface area (Å²) in [6, 6.07) is 15.3. The molecule has 7 heteroatoms. The first kappa shape index (κ1) is 21.8. The van der Waals surface area contributed by atoms with Crippen molar-refractivity contribution in [1.29, 1.82) is 0 Å². The van der Waals surface area contributed by atoms with E-state index >= 15 is 0 Å². The molecule has 0 fully saturated rings. The van der Waals surface area contributed by atoms with Crippen LogP contribution in [-0.2, 0) is 4.79 Å². The fraction of sp³-hybridized carbons (Fsp3) is 0.304. The zero-order valence-electron chi connectivity index (χ0n) is 17.6. The predicted octanol–water partition coefficient (Wildman–Crippen LogP) is 4.81. The largest absolute Gasteiger partial charge is 0.325 e. The van der Waals surface area contributed by atoms with Crippen LogP contribution in [0, 0.1) is 0 Å². The predicted molar refractivity (Wildman–Crippen MR) is 122 cm³/mol. The quantitative estimate of drug-likeness (QED) is 0.534. The number of hydrogen-bond donors (Lipinski definition) is 2. The zero-order chi connectivity index (χ0) is 21.7. The van der Waals surface area contributed by atoms with E-state index in [1.54, 1.807) is 12.1 Å². The van der Waals surface area contributed by atoms with Gasteiger partial charge in [-0.25, -0.2) is 0 Å². The number of nitrogens with one attached hydrogen (secondary N) is 2. The average Bonchev–Trinajstić information content (AvgIpc) is 2.72. The van der Waals surface area contributed by atoms with Crippen LogP contribution in [0.15, 0.2) is 58.5 Å². The summed E-state index contributed by atoms with van der Waals surface area (Å²) < 4.78 is 0. The summed E-state index contributed by atoms with van der Waals surface area (Å²) in [5.74, 6) is 0.558. The summed E-state index contributed by atoms with van der Waals surface area (Å²) >= 11 is 1.15. The Labute approximate surface area is 180 Å². The van der Waals surface area contributed by atoms with E-state index in [0.29, 0.717) is 22.6 Å². The Morgan fingerprint density at radius 1 is 0.967 bits per heavy atom. The van der Waals surface area contributed by atoms with E-state index in [2.05, 4.69) is 48.2 Å². The first-order valence-corrected chi connectivity index (χ1v) is 10.9. The second-order valence-corrected chi connectivity index (χ2v) is 8.60. The molecule has 30 heavy (non-hydrogen) atoms. The molecular formula is C23H26N4O2S. The highest BCUT2D eigenvalue weighted by atomic mass is 32.2. The van der Waals surface area contributed by atoms with E-state index in [-0.39, 0.29) is 22.9 Å². The van der Waals surface area contributed by atoms with Crippen molar-refractivity contribution < 1.29 is 4.79 Å². The van der Waals surface area contributed by atoms with Crippen LogP contribution in [0.5, 0.6) is 0 Å². The molecule has 3 aromatic rings. The Morgan fingerprint density at radius 2 is 1.60 bits per heavy atom. The molecule has 0 saturated carbocycles. The molecule has 0 bridgehead atoms. The molecule has 0 atom stereocenters. The van der Waals surface area contributed by atoms with Gasteiger partial charge in [0.1, 0.15) is 0 Å². The SMILES string of the molecule is CC(C)c1cccc(C(C)C)c1NC(=O)CSc1nnc(-c2ccccc2)c(=O)[nH]1. The molecule has 0 saturated heterocycles. The van der Waals surface area contributed by atoms with Crippen LogP contribution in [0.25, 0.3) is 11.3 Å². The maximum atomic E-state index is 12.6. The number of benzene rings is 2. The Hall–Kier alpha value is -2.93. The Bertz CT molecular complexity index is 1050. The van der Waals surface area contributed by atoms with Gasteiger partial charge in [-0.05, 0) is 23.0 Å². The van der Waals surface area contributed by atoms with E-state index in [1.807, 2.05) is 36.4 Å². The number of aromatic nitrogens is 3. The highest BCUT2D eigenvalue weighted by molar-refractivity contribution is 7.99. The third kappa shape index (κ3) is 5.16. The number of nitrogens with zero attached hydrogens (tertiary/aromatic N) is 2. The minimum Gasteiger partial charge on any atom is -0.325 e. The van der Waals surface area contributed by atoms with Crippen LogP contribution in [0.3, 0.4) is 0 Å². The van der Waals surface area contributed by atoms with Crippen LogP contribution >= 0.6 is 11.8 Å². The number of amides is 1. The maximum absolute atomic E-state index is 12.6. The van der Waals surface area contributed by atoms with Gasteiger partial charge in [0.2, 0.25) is 5.91 Å². The van der Waals surface area contributed by atoms with Crippen LogP contribution in [-0.4, -0.2) is 26.8 Å². The van der Waals surface area contributed by atoms with E-state index < -0.39 is 0 Å². The van der Waals surface area contributed by atoms with Crippen molar-refractivity contribution in [2.75, 3.05) is 11.1 Å². The van der Waals surface area contributed by atoms with Crippen LogP contribution in [0.4, 0.5) is 5.69 Å². The van der Waals surface area contributed by atoms with Gasteiger partial charge in [0, 0.05) is 11.3 Å². The van der Waals surface area contributed by atoms with Gasteiger partial charge in [0.05, 0.1) is 5.75 Å². The Morgan fingerprint density at radius 3 is 2.17 bits per heavy atom. The van der Waals surface area contributed by atoms with Crippen molar-refractivity contribution in [2.24, 2.45) is 0 Å². The highest BCUT2D eigenvalue weighted by Gasteiger charge is 2.16. The zero-order valence-corrected chi connectivity index (χ0v) is 18.4. The van der Waals surface area contributed by atoms with E-state index in [1.165, 1.54) is 0 Å². The Kier molecular flexibility index (Phi) is 7.05. The van der Waals surface area contributed by atoms with Gasteiger partial charge in [-0.2, -0.15) is 0 Å². The topological polar surface area (TPSA) is 87.7 Å². The van der Waals surface area contributed by atoms with Crippen molar-refractivity contribution in [1.82, 2.24) is 15.2 Å². The summed E-state index contributed by atoms with van der Waals surface area (Å²) in [7, 11) is 0. The lowest BCUT2D eigenvalue weighted by molar-refractivity contribution is -0.113. The molecule has 2 aromatic carbocycles. The van der Waals surface area contributed by atoms with Gasteiger partial charge in [0.15, 0.2) is 10.9 Å². The van der Waals surface area contributed by atoms with Gasteiger partial charge in [-0.3, -0.25) is 14.6 Å². The minimum atomic E-state index is -0.327. The molecule has 3 rings (SSSR count). The second-order valence-electron chi connectivity index (χ2n) is 7.63. The first-order valence-electron chi connectivity index (χ1n) is 9.94. The third-order valence-electron chi connectivity index (χ3n) is 4.70. The smallest absolute Gasteiger partial charge is 0.278 e. The summed E-state index contributed by atoms with van der Waals surface area (Å²) in [5.41, 5.74) is 3.74. The summed E-state index contributed by atoms with van der Waals surface area (Å²) in [4.78, 5) is 27.7. The van der Waals surface area contributed by atoms with E-state index in [4.69, 9.17) is 0 Å². The molecule has 6 nitrogen and oxygen atoms in total. The molecule has 1 heterocycles. The number of H-pyrrole nitrogens is 1. The van der Waals surface area contributed by atoms with Crippen molar-refractivity contribution in [3.63, 3.8) is 0 Å². The van der Waals surface area contributed by atoms with Gasteiger partial charge in [-0.15, -0.1) is 10.2 Å². The van der Waals surface area contributed by atoms with Crippen molar-refractivity contribution >= 4 is 23.4 Å². The first-order chi connectivity index (χ1) is 14.4. The second kappa shape index (κ2) is 9.71. The number of para-hydroxylation sites is 1. The Balaban J connectivity index is 1.71. The normalized spacial score (nSPS) is 11.1. The molecule has 0 unspecified atom stereocenters. The van der Waals surface area contributed by atoms with Gasteiger partial charge in [0.25, 0.3) is 5.56 Å². The number of carbonyl (C=O) groups excluding carboxylic acids is 1. The lowest BCUT2D eigenvalue weighted by Gasteiger charge is -2.20. The van der Waals surface area contributed by atoms with Crippen LogP contribution < -0.4 is 10.9 Å². The maximum Gasteiger partial charge on any atom is 0.278 e. The lowest BCUT2D eigenvalue weighted by atomic mass is 9.92. The molecule has 0 aliphatic rings. The molecular weight excluding hydrogens is 396 g/mol. The number of rotatable bonds is 7. The third-order valence-corrected chi connectivity index (χ3v) is 5.56. The average molecular weight is 423 g/mol. The number of aromatic amines is 1. The van der Waals surface area contributed by atoms with E-state index in [9.17, 15) is 9.59 Å². The van der Waals surface area contributed by atoms with Gasteiger partial charge in [-0.1, -0.05) is 88.0 Å². The van der Waals surface area contributed by atoms with Crippen molar-refractivity contribution in [3.8, 4) is 11.3 Å². The monoisotopic (exact) mass is 422 g/mol. The highest BCUT2D eigenvalue weighted by Crippen LogP contribution is 2.32. The van der Waals surface area contributed by atoms with Crippen LogP contribution in [0.2, 0.25) is 0 Å². The van der Waals surface area contributed by atoms with Crippen molar-refractivity contribution in [2.45, 2.75) is 44.7 Å². The lowest BCUT2D eigenvalue weighted by Crippen LogP contribution is -2.19. The van der Waals surface area contributed by atoms with Crippen molar-refractivity contribution in [3.05, 3.63) is 70.0 Å². The number of carbonyl (C=O) groups is 1. The number of hydrogen-bond acceptors (Lipinski definition) is 5. The molecule has 0 spiro atoms. The van der Waals surface area contributed by atoms with E-state index in [0.717, 1.165) is 28.6 Å². The van der Waals surface area contributed by atoms with Crippen LogP contribution in [0.1, 0.15) is 50.7 Å². The molecule has 2 N–H and O–H groups in total. The molecule has 0 radical (unpaired) electrons.